The Balaban J connectivity index is 2.23. The second-order valence-electron chi connectivity index (χ2n) is 3.80. The minimum atomic E-state index is -0.334. The van der Waals surface area contributed by atoms with Crippen LogP contribution in [0.15, 0.2) is 42.5 Å². The number of carbonyl (C=O) groups excluding carboxylic acids is 1. The van der Waals surface area contributed by atoms with Gasteiger partial charge in [-0.1, -0.05) is 29.3 Å². The number of halogens is 2. The molecule has 0 aliphatic rings. The number of amides is 1. The average molecular weight is 291 g/mol. The number of hydrogen-bond donors (Lipinski definition) is 1. The van der Waals surface area contributed by atoms with E-state index in [0.29, 0.717) is 26.9 Å². The van der Waals surface area contributed by atoms with E-state index in [0.717, 1.165) is 0 Å². The molecule has 2 aromatic carbocycles. The highest BCUT2D eigenvalue weighted by Crippen LogP contribution is 2.20. The lowest BCUT2D eigenvalue weighted by Gasteiger charge is -2.06. The lowest BCUT2D eigenvalue weighted by molar-refractivity contribution is 0.102. The Morgan fingerprint density at radius 2 is 1.79 bits per heavy atom. The third-order valence-corrected chi connectivity index (χ3v) is 2.81. The topological polar surface area (TPSA) is 52.9 Å². The molecule has 0 fully saturated rings. The number of anilines is 1. The molecule has 1 amide bonds. The Bertz CT molecular complexity index is 657. The zero-order valence-corrected chi connectivity index (χ0v) is 11.2. The first-order chi connectivity index (χ1) is 9.08. The maximum atomic E-state index is 12.0. The van der Waals surface area contributed by atoms with E-state index < -0.39 is 0 Å². The second kappa shape index (κ2) is 5.75. The van der Waals surface area contributed by atoms with Gasteiger partial charge >= 0.3 is 0 Å². The molecule has 0 heterocycles. The predicted molar refractivity (Wildman–Crippen MR) is 75.6 cm³/mol. The van der Waals surface area contributed by atoms with Gasteiger partial charge in [0, 0.05) is 21.3 Å². The van der Waals surface area contributed by atoms with Gasteiger partial charge in [0.05, 0.1) is 11.6 Å². The first-order valence-corrected chi connectivity index (χ1v) is 6.12. The summed E-state index contributed by atoms with van der Waals surface area (Å²) >= 11 is 11.7. The van der Waals surface area contributed by atoms with Crippen molar-refractivity contribution in [3.05, 3.63) is 63.6 Å². The zero-order chi connectivity index (χ0) is 13.8. The van der Waals surface area contributed by atoms with Crippen molar-refractivity contribution in [1.29, 1.82) is 5.26 Å². The third-order valence-electron chi connectivity index (χ3n) is 2.37. The van der Waals surface area contributed by atoms with Gasteiger partial charge in [0.15, 0.2) is 0 Å². The van der Waals surface area contributed by atoms with Crippen molar-refractivity contribution in [3.8, 4) is 6.07 Å². The van der Waals surface area contributed by atoms with Crippen molar-refractivity contribution >= 4 is 34.8 Å². The van der Waals surface area contributed by atoms with Crippen molar-refractivity contribution in [1.82, 2.24) is 0 Å². The summed E-state index contributed by atoms with van der Waals surface area (Å²) in [5, 5.41) is 12.3. The van der Waals surface area contributed by atoms with Crippen LogP contribution in [0.1, 0.15) is 15.9 Å². The van der Waals surface area contributed by atoms with Crippen LogP contribution in [0.25, 0.3) is 0 Å². The van der Waals surface area contributed by atoms with E-state index in [1.807, 2.05) is 6.07 Å². The Hall–Kier alpha value is -2.02. The molecule has 94 valence electrons. The maximum absolute atomic E-state index is 12.0. The molecule has 1 N–H and O–H groups in total. The Kier molecular flexibility index (Phi) is 4.06. The molecule has 2 rings (SSSR count). The van der Waals surface area contributed by atoms with Gasteiger partial charge in [-0.25, -0.2) is 0 Å². The number of carbonyl (C=O) groups is 1. The summed E-state index contributed by atoms with van der Waals surface area (Å²) in [6, 6.07) is 13.2. The molecule has 0 saturated carbocycles. The van der Waals surface area contributed by atoms with Crippen LogP contribution in [0.5, 0.6) is 0 Å². The summed E-state index contributed by atoms with van der Waals surface area (Å²) in [5.74, 6) is -0.334. The van der Waals surface area contributed by atoms with Crippen molar-refractivity contribution in [2.45, 2.75) is 0 Å². The van der Waals surface area contributed by atoms with Gasteiger partial charge in [-0.05, 0) is 36.4 Å². The molecule has 5 heteroatoms. The van der Waals surface area contributed by atoms with Crippen LogP contribution in [0.3, 0.4) is 0 Å². The normalized spacial score (nSPS) is 9.74. The average Bonchev–Trinajstić information content (AvgIpc) is 2.37. The van der Waals surface area contributed by atoms with Crippen LogP contribution >= 0.6 is 23.2 Å². The van der Waals surface area contributed by atoms with E-state index in [4.69, 9.17) is 28.5 Å². The standard InChI is InChI=1S/C14H8Cl2N2O/c15-11-5-10(6-12(16)7-11)14(19)18-13-3-1-2-9(4-13)8-17/h1-7H,(H,18,19). The molecular weight excluding hydrogens is 283 g/mol. The van der Waals surface area contributed by atoms with E-state index in [9.17, 15) is 4.79 Å². The number of rotatable bonds is 2. The Labute approximate surface area is 120 Å². The molecule has 0 radical (unpaired) electrons. The molecule has 0 unspecified atom stereocenters. The molecule has 0 aromatic heterocycles. The van der Waals surface area contributed by atoms with Crippen LogP contribution < -0.4 is 5.32 Å². The molecular formula is C14H8Cl2N2O. The highest BCUT2D eigenvalue weighted by Gasteiger charge is 2.08. The summed E-state index contributed by atoms with van der Waals surface area (Å²) in [7, 11) is 0. The van der Waals surface area contributed by atoms with Crippen LogP contribution in [-0.4, -0.2) is 5.91 Å². The fourth-order valence-electron chi connectivity index (χ4n) is 1.55. The number of nitrogens with one attached hydrogen (secondary N) is 1. The van der Waals surface area contributed by atoms with E-state index in [1.165, 1.54) is 12.1 Å². The van der Waals surface area contributed by atoms with Crippen LogP contribution in [0, 0.1) is 11.3 Å². The van der Waals surface area contributed by atoms with Gasteiger partial charge in [-0.2, -0.15) is 5.26 Å². The molecule has 19 heavy (non-hydrogen) atoms. The smallest absolute Gasteiger partial charge is 0.255 e. The maximum Gasteiger partial charge on any atom is 0.255 e. The summed E-state index contributed by atoms with van der Waals surface area (Å²) in [5.41, 5.74) is 1.38. The van der Waals surface area contributed by atoms with E-state index in [2.05, 4.69) is 5.32 Å². The van der Waals surface area contributed by atoms with Crippen molar-refractivity contribution in [2.75, 3.05) is 5.32 Å². The molecule has 2 aromatic rings. The summed E-state index contributed by atoms with van der Waals surface area (Å²) < 4.78 is 0. The van der Waals surface area contributed by atoms with E-state index in [-0.39, 0.29) is 5.91 Å². The molecule has 0 spiro atoms. The van der Waals surface area contributed by atoms with Crippen LogP contribution in [-0.2, 0) is 0 Å². The monoisotopic (exact) mass is 290 g/mol. The lowest BCUT2D eigenvalue weighted by atomic mass is 10.2. The number of nitrogens with zero attached hydrogens (tertiary/aromatic N) is 1. The van der Waals surface area contributed by atoms with Crippen LogP contribution in [0.4, 0.5) is 5.69 Å². The number of nitriles is 1. The molecule has 0 saturated heterocycles. The predicted octanol–water partition coefficient (Wildman–Crippen LogP) is 4.12. The van der Waals surface area contributed by atoms with E-state index >= 15 is 0 Å². The molecule has 3 nitrogen and oxygen atoms in total. The summed E-state index contributed by atoms with van der Waals surface area (Å²) in [6.45, 7) is 0. The zero-order valence-electron chi connectivity index (χ0n) is 9.65. The minimum Gasteiger partial charge on any atom is -0.322 e. The van der Waals surface area contributed by atoms with E-state index in [1.54, 1.807) is 30.3 Å². The SMILES string of the molecule is N#Cc1cccc(NC(=O)c2cc(Cl)cc(Cl)c2)c1. The fraction of sp³-hybridized carbons (Fsp3) is 0. The first-order valence-electron chi connectivity index (χ1n) is 5.36. The molecule has 0 atom stereocenters. The number of hydrogen-bond acceptors (Lipinski definition) is 2. The van der Waals surface area contributed by atoms with Gasteiger partial charge < -0.3 is 5.32 Å². The largest absolute Gasteiger partial charge is 0.322 e. The second-order valence-corrected chi connectivity index (χ2v) is 4.68. The Morgan fingerprint density at radius 1 is 1.11 bits per heavy atom. The van der Waals surface area contributed by atoms with Gasteiger partial charge in [0.1, 0.15) is 0 Å². The van der Waals surface area contributed by atoms with Crippen molar-refractivity contribution in [2.24, 2.45) is 0 Å². The van der Waals surface area contributed by atoms with Gasteiger partial charge in [-0.15, -0.1) is 0 Å². The fourth-order valence-corrected chi connectivity index (χ4v) is 2.08. The quantitative estimate of drug-likeness (QED) is 0.905. The third kappa shape index (κ3) is 3.47. The minimum absolute atomic E-state index is 0.334. The molecule has 0 aliphatic heterocycles. The van der Waals surface area contributed by atoms with Gasteiger partial charge in [0.2, 0.25) is 0 Å². The van der Waals surface area contributed by atoms with Gasteiger partial charge in [-0.3, -0.25) is 4.79 Å². The highest BCUT2D eigenvalue weighted by atomic mass is 35.5. The van der Waals surface area contributed by atoms with Gasteiger partial charge in [0.25, 0.3) is 5.91 Å². The summed E-state index contributed by atoms with van der Waals surface area (Å²) in [6.07, 6.45) is 0. The van der Waals surface area contributed by atoms with Crippen molar-refractivity contribution < 1.29 is 4.79 Å². The lowest BCUT2D eigenvalue weighted by Crippen LogP contribution is -2.11. The molecule has 0 aliphatic carbocycles. The van der Waals surface area contributed by atoms with Crippen LogP contribution in [0.2, 0.25) is 10.0 Å². The molecule has 0 bridgehead atoms. The Morgan fingerprint density at radius 3 is 2.42 bits per heavy atom. The highest BCUT2D eigenvalue weighted by molar-refractivity contribution is 6.35. The number of benzene rings is 2. The van der Waals surface area contributed by atoms with Crippen molar-refractivity contribution in [3.63, 3.8) is 0 Å². The first kappa shape index (κ1) is 13.4. The summed E-state index contributed by atoms with van der Waals surface area (Å²) in [4.78, 5) is 12.0.